The van der Waals surface area contributed by atoms with Crippen molar-refractivity contribution in [2.75, 3.05) is 11.9 Å². The van der Waals surface area contributed by atoms with Gasteiger partial charge in [-0.3, -0.25) is 4.79 Å². The summed E-state index contributed by atoms with van der Waals surface area (Å²) in [6, 6.07) is 20.0. The van der Waals surface area contributed by atoms with Crippen LogP contribution >= 0.6 is 0 Å². The average molecular weight is 384 g/mol. The van der Waals surface area contributed by atoms with Crippen molar-refractivity contribution in [1.29, 1.82) is 0 Å². The van der Waals surface area contributed by atoms with E-state index in [2.05, 4.69) is 57.9 Å². The molecule has 5 heteroatoms. The first-order chi connectivity index (χ1) is 14.2. The number of fused-ring (bicyclic) bond motifs is 1. The number of amides is 1. The number of rotatable bonds is 7. The smallest absolute Gasteiger partial charge is 0.251 e. The van der Waals surface area contributed by atoms with E-state index in [1.165, 1.54) is 22.1 Å². The summed E-state index contributed by atoms with van der Waals surface area (Å²) in [5.74, 6) is 0.599. The third kappa shape index (κ3) is 4.63. The fourth-order valence-electron chi connectivity index (χ4n) is 3.43. The zero-order chi connectivity index (χ0) is 20.1. The first-order valence-corrected chi connectivity index (χ1v) is 9.78. The predicted molar refractivity (Wildman–Crippen MR) is 117 cm³/mol. The predicted octanol–water partition coefficient (Wildman–Crippen LogP) is 4.46. The van der Waals surface area contributed by atoms with Gasteiger partial charge < -0.3 is 15.6 Å². The van der Waals surface area contributed by atoms with Crippen LogP contribution in [0.3, 0.4) is 0 Å². The number of nitrogens with one attached hydrogen (secondary N) is 3. The molecule has 2 heterocycles. The minimum absolute atomic E-state index is 0.0918. The number of hydrogen-bond acceptors (Lipinski definition) is 3. The molecule has 0 aliphatic rings. The lowest BCUT2D eigenvalue weighted by Crippen LogP contribution is -2.25. The number of hydrogen-bond donors (Lipinski definition) is 3. The van der Waals surface area contributed by atoms with Gasteiger partial charge in [-0.05, 0) is 42.7 Å². The van der Waals surface area contributed by atoms with Crippen LogP contribution in [0.4, 0.5) is 5.82 Å². The van der Waals surface area contributed by atoms with E-state index in [1.807, 2.05) is 24.4 Å². The van der Waals surface area contributed by atoms with Gasteiger partial charge >= 0.3 is 0 Å². The number of aromatic amines is 1. The van der Waals surface area contributed by atoms with Crippen molar-refractivity contribution < 1.29 is 4.79 Å². The Morgan fingerprint density at radius 2 is 1.97 bits per heavy atom. The van der Waals surface area contributed by atoms with Crippen LogP contribution in [0, 0.1) is 6.92 Å². The summed E-state index contributed by atoms with van der Waals surface area (Å²) < 4.78 is 0. The van der Waals surface area contributed by atoms with Crippen LogP contribution < -0.4 is 10.6 Å². The number of nitrogens with zero attached hydrogens (tertiary/aromatic N) is 1. The minimum Gasteiger partial charge on any atom is -0.366 e. The molecule has 0 spiro atoms. The molecule has 1 amide bonds. The van der Waals surface area contributed by atoms with Crippen LogP contribution in [0.2, 0.25) is 0 Å². The van der Waals surface area contributed by atoms with Crippen LogP contribution in [0.25, 0.3) is 10.9 Å². The molecule has 0 aliphatic heterocycles. The molecule has 0 fully saturated rings. The molecule has 0 unspecified atom stereocenters. The molecule has 146 valence electrons. The van der Waals surface area contributed by atoms with Crippen molar-refractivity contribution >= 4 is 22.6 Å². The van der Waals surface area contributed by atoms with Crippen molar-refractivity contribution in [3.8, 4) is 0 Å². The Bertz CT molecular complexity index is 1130. The van der Waals surface area contributed by atoms with Gasteiger partial charge in [-0.2, -0.15) is 0 Å². The zero-order valence-corrected chi connectivity index (χ0v) is 16.4. The first-order valence-electron chi connectivity index (χ1n) is 9.78. The fourth-order valence-corrected chi connectivity index (χ4v) is 3.43. The van der Waals surface area contributed by atoms with Gasteiger partial charge in [0.2, 0.25) is 0 Å². The third-order valence-corrected chi connectivity index (χ3v) is 4.93. The van der Waals surface area contributed by atoms with Crippen LogP contribution in [0.15, 0.2) is 73.1 Å². The van der Waals surface area contributed by atoms with Crippen molar-refractivity contribution in [1.82, 2.24) is 15.3 Å². The lowest BCUT2D eigenvalue weighted by molar-refractivity contribution is 0.0954. The second kappa shape index (κ2) is 8.61. The summed E-state index contributed by atoms with van der Waals surface area (Å²) in [6.07, 6.45) is 4.45. The van der Waals surface area contributed by atoms with Gasteiger partial charge in [-0.1, -0.05) is 48.0 Å². The van der Waals surface area contributed by atoms with Crippen molar-refractivity contribution in [3.63, 3.8) is 0 Å². The quantitative estimate of drug-likeness (QED) is 0.441. The van der Waals surface area contributed by atoms with Crippen molar-refractivity contribution in [3.05, 3.63) is 95.3 Å². The topological polar surface area (TPSA) is 69.8 Å². The summed E-state index contributed by atoms with van der Waals surface area (Å²) >= 11 is 0. The van der Waals surface area contributed by atoms with Crippen molar-refractivity contribution in [2.24, 2.45) is 0 Å². The van der Waals surface area contributed by atoms with Crippen molar-refractivity contribution in [2.45, 2.75) is 19.9 Å². The van der Waals surface area contributed by atoms with Gasteiger partial charge in [-0.15, -0.1) is 0 Å². The van der Waals surface area contributed by atoms with Gasteiger partial charge in [0.15, 0.2) is 0 Å². The number of carbonyl (C=O) groups excluding carboxylic acids is 1. The number of anilines is 1. The van der Waals surface area contributed by atoms with E-state index in [4.69, 9.17) is 0 Å². The summed E-state index contributed by atoms with van der Waals surface area (Å²) in [6.45, 7) is 3.32. The van der Waals surface area contributed by atoms with E-state index < -0.39 is 0 Å². The van der Waals surface area contributed by atoms with Gasteiger partial charge in [0.05, 0.1) is 0 Å². The molecule has 4 aromatic rings. The molecular formula is C24H24N4O. The second-order valence-electron chi connectivity index (χ2n) is 7.14. The molecule has 4 rings (SSSR count). The summed E-state index contributed by atoms with van der Waals surface area (Å²) in [4.78, 5) is 20.1. The normalized spacial score (nSPS) is 10.8. The highest BCUT2D eigenvalue weighted by Crippen LogP contribution is 2.17. The van der Waals surface area contributed by atoms with E-state index in [-0.39, 0.29) is 5.91 Å². The largest absolute Gasteiger partial charge is 0.366 e. The maximum Gasteiger partial charge on any atom is 0.251 e. The summed E-state index contributed by atoms with van der Waals surface area (Å²) in [5.41, 5.74) is 5.33. The Morgan fingerprint density at radius 1 is 1.07 bits per heavy atom. The molecule has 0 bridgehead atoms. The average Bonchev–Trinajstić information content (AvgIpc) is 3.16. The second-order valence-corrected chi connectivity index (χ2v) is 7.14. The number of benzene rings is 2. The molecule has 0 saturated carbocycles. The van der Waals surface area contributed by atoms with Crippen LogP contribution in [-0.4, -0.2) is 22.4 Å². The van der Waals surface area contributed by atoms with Crippen LogP contribution in [-0.2, 0) is 13.0 Å². The van der Waals surface area contributed by atoms with Gasteiger partial charge in [-0.25, -0.2) is 4.98 Å². The summed E-state index contributed by atoms with van der Waals surface area (Å²) in [7, 11) is 0. The molecule has 0 atom stereocenters. The SMILES string of the molecule is Cc1cccc(CNc2cc(C(=O)NCCc3c[nH]c4ccccc34)ccn2)c1. The van der Waals surface area contributed by atoms with Gasteiger partial charge in [0, 0.05) is 41.9 Å². The first kappa shape index (κ1) is 18.7. The summed E-state index contributed by atoms with van der Waals surface area (Å²) in [5, 5.41) is 7.49. The molecule has 0 saturated heterocycles. The number of H-pyrrole nitrogens is 1. The maximum atomic E-state index is 12.5. The van der Waals surface area contributed by atoms with E-state index in [0.717, 1.165) is 11.9 Å². The maximum absolute atomic E-state index is 12.5. The number of pyridine rings is 1. The van der Waals surface area contributed by atoms with Crippen LogP contribution in [0.5, 0.6) is 0 Å². The van der Waals surface area contributed by atoms with Gasteiger partial charge in [0.1, 0.15) is 5.82 Å². The Labute approximate surface area is 170 Å². The monoisotopic (exact) mass is 384 g/mol. The Hall–Kier alpha value is -3.60. The fraction of sp³-hybridized carbons (Fsp3) is 0.167. The zero-order valence-electron chi connectivity index (χ0n) is 16.4. The molecule has 2 aromatic carbocycles. The molecular weight excluding hydrogens is 360 g/mol. The van der Waals surface area contributed by atoms with E-state index in [1.54, 1.807) is 18.3 Å². The minimum atomic E-state index is -0.0918. The van der Waals surface area contributed by atoms with Gasteiger partial charge in [0.25, 0.3) is 5.91 Å². The molecule has 5 nitrogen and oxygen atoms in total. The molecule has 29 heavy (non-hydrogen) atoms. The Kier molecular flexibility index (Phi) is 5.56. The highest BCUT2D eigenvalue weighted by molar-refractivity contribution is 5.94. The number of para-hydroxylation sites is 1. The van der Waals surface area contributed by atoms with E-state index in [9.17, 15) is 4.79 Å². The van der Waals surface area contributed by atoms with E-state index >= 15 is 0 Å². The standard InChI is InChI=1S/C24H24N4O/c1-17-5-4-6-18(13-17)15-28-23-14-19(9-11-25-23)24(29)26-12-10-20-16-27-22-8-3-2-7-21(20)22/h2-9,11,13-14,16,27H,10,12,15H2,1H3,(H,25,28)(H,26,29). The molecule has 3 N–H and O–H groups in total. The number of aromatic nitrogens is 2. The lowest BCUT2D eigenvalue weighted by Gasteiger charge is -2.09. The Balaban J connectivity index is 1.33. The third-order valence-electron chi connectivity index (χ3n) is 4.93. The highest BCUT2D eigenvalue weighted by Gasteiger charge is 2.08. The van der Waals surface area contributed by atoms with Crippen LogP contribution in [0.1, 0.15) is 27.0 Å². The van der Waals surface area contributed by atoms with E-state index in [0.29, 0.717) is 24.5 Å². The Morgan fingerprint density at radius 3 is 2.86 bits per heavy atom. The highest BCUT2D eigenvalue weighted by atomic mass is 16.1. The number of aryl methyl sites for hydroxylation is 1. The molecule has 2 aromatic heterocycles. The molecule has 0 radical (unpaired) electrons. The molecule has 0 aliphatic carbocycles. The lowest BCUT2D eigenvalue weighted by atomic mass is 10.1. The number of carbonyl (C=O) groups is 1.